The maximum atomic E-state index is 12.5. The molecule has 0 bridgehead atoms. The molecule has 126 valence electrons. The minimum Gasteiger partial charge on any atom is -0.330 e. The zero-order chi connectivity index (χ0) is 17.3. The molecule has 0 atom stereocenters. The van der Waals surface area contributed by atoms with Crippen molar-refractivity contribution in [2.45, 2.75) is 25.9 Å². The molecule has 0 saturated heterocycles. The normalized spacial score (nSPS) is 11.8. The number of benzene rings is 1. The van der Waals surface area contributed by atoms with E-state index >= 15 is 0 Å². The first-order chi connectivity index (χ1) is 11.3. The fourth-order valence-corrected chi connectivity index (χ4v) is 3.05. The monoisotopic (exact) mass is 354 g/mol. The number of halogens is 3. The van der Waals surface area contributed by atoms with Gasteiger partial charge in [0.1, 0.15) is 0 Å². The van der Waals surface area contributed by atoms with Crippen LogP contribution in [0.3, 0.4) is 0 Å². The van der Waals surface area contributed by atoms with Crippen molar-refractivity contribution in [1.29, 1.82) is 0 Å². The maximum Gasteiger partial charge on any atom is 0.393 e. The summed E-state index contributed by atoms with van der Waals surface area (Å²) in [6.07, 6.45) is -4.63. The first-order valence-electron chi connectivity index (χ1n) is 7.16. The van der Waals surface area contributed by atoms with Gasteiger partial charge in [-0.2, -0.15) is 17.7 Å². The van der Waals surface area contributed by atoms with Crippen LogP contribution in [0.15, 0.2) is 35.1 Å². The third kappa shape index (κ3) is 3.73. The van der Waals surface area contributed by atoms with Crippen LogP contribution in [0.25, 0.3) is 4.96 Å². The van der Waals surface area contributed by atoms with Crippen LogP contribution >= 0.6 is 11.3 Å². The number of nitrogens with zero attached hydrogens (tertiary/aromatic N) is 3. The van der Waals surface area contributed by atoms with Gasteiger partial charge in [-0.15, -0.1) is 5.10 Å². The van der Waals surface area contributed by atoms with E-state index in [1.165, 1.54) is 28.8 Å². The molecule has 3 rings (SSSR count). The number of alkyl halides is 3. The number of hydrogen-bond acceptors (Lipinski definition) is 5. The molecule has 3 aromatic rings. The second-order valence-electron chi connectivity index (χ2n) is 5.16. The van der Waals surface area contributed by atoms with Crippen molar-refractivity contribution < 1.29 is 13.2 Å². The lowest BCUT2D eigenvalue weighted by molar-refractivity contribution is -0.127. The van der Waals surface area contributed by atoms with Crippen molar-refractivity contribution in [3.05, 3.63) is 51.9 Å². The van der Waals surface area contributed by atoms with E-state index in [1.54, 1.807) is 6.07 Å². The molecule has 9 heteroatoms. The van der Waals surface area contributed by atoms with Crippen molar-refractivity contribution in [2.24, 2.45) is 0 Å². The first kappa shape index (κ1) is 16.4. The van der Waals surface area contributed by atoms with Gasteiger partial charge in [0, 0.05) is 17.4 Å². The highest BCUT2D eigenvalue weighted by atomic mass is 32.1. The third-order valence-electron chi connectivity index (χ3n) is 3.24. The summed E-state index contributed by atoms with van der Waals surface area (Å²) in [6, 6.07) is 7.42. The average molecular weight is 354 g/mol. The lowest BCUT2D eigenvalue weighted by Gasteiger charge is -2.08. The van der Waals surface area contributed by atoms with E-state index < -0.39 is 12.6 Å². The lowest BCUT2D eigenvalue weighted by Crippen LogP contribution is -2.15. The molecule has 1 N–H and O–H groups in total. The lowest BCUT2D eigenvalue weighted by atomic mass is 10.1. The Hall–Kier alpha value is -2.42. The number of nitrogens with one attached hydrogen (secondary N) is 1. The Kier molecular flexibility index (Phi) is 4.27. The predicted molar refractivity (Wildman–Crippen MR) is 86.0 cm³/mol. The van der Waals surface area contributed by atoms with E-state index in [0.717, 1.165) is 11.3 Å². The van der Waals surface area contributed by atoms with Gasteiger partial charge in [0.25, 0.3) is 5.56 Å². The van der Waals surface area contributed by atoms with E-state index in [0.29, 0.717) is 27.9 Å². The first-order valence-corrected chi connectivity index (χ1v) is 7.98. The van der Waals surface area contributed by atoms with Gasteiger partial charge in [-0.25, -0.2) is 4.98 Å². The summed E-state index contributed by atoms with van der Waals surface area (Å²) in [5.41, 5.74) is 1.01. The van der Waals surface area contributed by atoms with Crippen LogP contribution in [0, 0.1) is 0 Å². The van der Waals surface area contributed by atoms with Crippen LogP contribution in [-0.4, -0.2) is 20.8 Å². The zero-order valence-corrected chi connectivity index (χ0v) is 13.4. The molecule has 2 heterocycles. The molecule has 0 aliphatic carbocycles. The minimum atomic E-state index is -4.26. The van der Waals surface area contributed by atoms with Gasteiger partial charge in [0.05, 0.1) is 6.42 Å². The number of aromatic nitrogens is 3. The van der Waals surface area contributed by atoms with Crippen molar-refractivity contribution >= 4 is 27.1 Å². The van der Waals surface area contributed by atoms with E-state index in [9.17, 15) is 18.0 Å². The number of hydrogen-bond donors (Lipinski definition) is 1. The van der Waals surface area contributed by atoms with Gasteiger partial charge in [-0.05, 0) is 24.1 Å². The zero-order valence-electron chi connectivity index (χ0n) is 12.6. The highest BCUT2D eigenvalue weighted by Crippen LogP contribution is 2.25. The molecule has 2 aromatic heterocycles. The standard InChI is InChI=1S/C15H13F3N4OS/c1-2-10-7-12(23)22-14(20-10)24-13(21-22)19-11-5-3-4-9(6-11)8-15(16,17)18/h3-7H,2,8H2,1H3,(H,19,21). The highest BCUT2D eigenvalue weighted by molar-refractivity contribution is 7.20. The summed E-state index contributed by atoms with van der Waals surface area (Å²) in [4.78, 5) is 16.7. The Morgan fingerprint density at radius 2 is 2.08 bits per heavy atom. The van der Waals surface area contributed by atoms with E-state index in [2.05, 4.69) is 15.4 Å². The summed E-state index contributed by atoms with van der Waals surface area (Å²) >= 11 is 1.16. The SMILES string of the molecule is CCc1cc(=O)n2nc(Nc3cccc(CC(F)(F)F)c3)sc2n1. The fourth-order valence-electron chi connectivity index (χ4n) is 2.20. The molecule has 1 aromatic carbocycles. The largest absolute Gasteiger partial charge is 0.393 e. The topological polar surface area (TPSA) is 59.3 Å². The number of anilines is 2. The smallest absolute Gasteiger partial charge is 0.330 e. The van der Waals surface area contributed by atoms with Gasteiger partial charge in [0.15, 0.2) is 0 Å². The van der Waals surface area contributed by atoms with Crippen molar-refractivity contribution in [2.75, 3.05) is 5.32 Å². The highest BCUT2D eigenvalue weighted by Gasteiger charge is 2.27. The van der Waals surface area contributed by atoms with Crippen LogP contribution in [0.2, 0.25) is 0 Å². The Morgan fingerprint density at radius 3 is 2.79 bits per heavy atom. The van der Waals surface area contributed by atoms with Crippen LogP contribution < -0.4 is 10.9 Å². The Labute approximate surface area is 138 Å². The fraction of sp³-hybridized carbons (Fsp3) is 0.267. The van der Waals surface area contributed by atoms with Crippen molar-refractivity contribution in [3.63, 3.8) is 0 Å². The van der Waals surface area contributed by atoms with Gasteiger partial charge < -0.3 is 5.32 Å². The summed E-state index contributed by atoms with van der Waals surface area (Å²) in [5.74, 6) is 0. The Morgan fingerprint density at radius 1 is 1.29 bits per heavy atom. The van der Waals surface area contributed by atoms with Gasteiger partial charge in [-0.3, -0.25) is 4.79 Å². The van der Waals surface area contributed by atoms with Crippen LogP contribution in [-0.2, 0) is 12.8 Å². The molecule has 0 aliphatic heterocycles. The second-order valence-corrected chi connectivity index (χ2v) is 6.11. The number of aryl methyl sites for hydroxylation is 1. The van der Waals surface area contributed by atoms with Gasteiger partial charge in [0.2, 0.25) is 10.1 Å². The predicted octanol–water partition coefficient (Wildman–Crippen LogP) is 3.56. The van der Waals surface area contributed by atoms with Crippen LogP contribution in [0.4, 0.5) is 24.0 Å². The average Bonchev–Trinajstić information content (AvgIpc) is 2.88. The Bertz CT molecular complexity index is 932. The molecule has 0 saturated carbocycles. The molecule has 0 aliphatic rings. The summed E-state index contributed by atoms with van der Waals surface area (Å²) in [5, 5.41) is 7.42. The second kappa shape index (κ2) is 6.23. The van der Waals surface area contributed by atoms with E-state index in [4.69, 9.17) is 0 Å². The molecule has 0 unspecified atom stereocenters. The summed E-state index contributed by atoms with van der Waals surface area (Å²) < 4.78 is 38.6. The summed E-state index contributed by atoms with van der Waals surface area (Å²) in [6.45, 7) is 1.89. The van der Waals surface area contributed by atoms with Crippen LogP contribution in [0.5, 0.6) is 0 Å². The molecular formula is C15H13F3N4OS. The van der Waals surface area contributed by atoms with Crippen molar-refractivity contribution in [1.82, 2.24) is 14.6 Å². The molecule has 0 spiro atoms. The van der Waals surface area contributed by atoms with Crippen molar-refractivity contribution in [3.8, 4) is 0 Å². The molecule has 0 amide bonds. The quantitative estimate of drug-likeness (QED) is 0.778. The molecule has 0 fully saturated rings. The number of rotatable bonds is 4. The van der Waals surface area contributed by atoms with E-state index in [1.807, 2.05) is 6.92 Å². The maximum absolute atomic E-state index is 12.5. The van der Waals surface area contributed by atoms with Gasteiger partial charge in [-0.1, -0.05) is 30.4 Å². The van der Waals surface area contributed by atoms with Gasteiger partial charge >= 0.3 is 6.18 Å². The molecule has 24 heavy (non-hydrogen) atoms. The Balaban J connectivity index is 1.89. The molecule has 0 radical (unpaired) electrons. The molecular weight excluding hydrogens is 341 g/mol. The summed E-state index contributed by atoms with van der Waals surface area (Å²) in [7, 11) is 0. The van der Waals surface area contributed by atoms with E-state index in [-0.39, 0.29) is 11.1 Å². The molecule has 5 nitrogen and oxygen atoms in total. The number of fused-ring (bicyclic) bond motifs is 1. The third-order valence-corrected chi connectivity index (χ3v) is 4.07. The minimum absolute atomic E-state index is 0.150. The van der Waals surface area contributed by atoms with Crippen LogP contribution in [0.1, 0.15) is 18.2 Å².